The van der Waals surface area contributed by atoms with Crippen LogP contribution in [0.5, 0.6) is 0 Å². The van der Waals surface area contributed by atoms with Crippen molar-refractivity contribution in [1.82, 2.24) is 20.1 Å². The molecule has 8 nitrogen and oxygen atoms in total. The smallest absolute Gasteiger partial charge is 0.291 e. The van der Waals surface area contributed by atoms with Crippen LogP contribution in [0.3, 0.4) is 0 Å². The third-order valence-corrected chi connectivity index (χ3v) is 5.86. The highest BCUT2D eigenvalue weighted by atomic mass is 35.5. The number of nitrogens with one attached hydrogen (secondary N) is 2. The molecule has 0 unspecified atom stereocenters. The highest BCUT2D eigenvalue weighted by molar-refractivity contribution is 7.92. The highest BCUT2D eigenvalue weighted by Gasteiger charge is 2.31. The number of sulfonamides is 1. The van der Waals surface area contributed by atoms with Gasteiger partial charge in [0.2, 0.25) is 11.8 Å². The van der Waals surface area contributed by atoms with Gasteiger partial charge in [-0.15, -0.1) is 5.10 Å². The van der Waals surface area contributed by atoms with Gasteiger partial charge in [0.25, 0.3) is 15.9 Å². The van der Waals surface area contributed by atoms with Crippen molar-refractivity contribution < 1.29 is 13.2 Å². The maximum Gasteiger partial charge on any atom is 0.291 e. The molecule has 1 aliphatic heterocycles. The van der Waals surface area contributed by atoms with Crippen molar-refractivity contribution in [3.63, 3.8) is 0 Å². The topological polar surface area (TPSA) is 106 Å². The lowest BCUT2D eigenvalue weighted by Crippen LogP contribution is -2.28. The van der Waals surface area contributed by atoms with Crippen LogP contribution in [-0.4, -0.2) is 29.1 Å². The Labute approximate surface area is 160 Å². The minimum absolute atomic E-state index is 0.0377. The van der Waals surface area contributed by atoms with Crippen LogP contribution >= 0.6 is 11.6 Å². The second-order valence-electron chi connectivity index (χ2n) is 5.96. The van der Waals surface area contributed by atoms with Crippen LogP contribution < -0.4 is 10.0 Å². The number of benzene rings is 2. The first-order valence-corrected chi connectivity index (χ1v) is 9.87. The summed E-state index contributed by atoms with van der Waals surface area (Å²) in [6.45, 7) is 1.78. The Morgan fingerprint density at radius 3 is 2.67 bits per heavy atom. The monoisotopic (exact) mass is 403 g/mol. The van der Waals surface area contributed by atoms with Gasteiger partial charge in [0.05, 0.1) is 11.7 Å². The van der Waals surface area contributed by atoms with E-state index in [2.05, 4.69) is 20.1 Å². The molecular formula is C17H14ClN5O3S. The van der Waals surface area contributed by atoms with Gasteiger partial charge in [0.1, 0.15) is 4.90 Å². The Balaban J connectivity index is 1.66. The number of hydrogen-bond acceptors (Lipinski definition) is 5. The number of nitrogens with zero attached hydrogens (tertiary/aromatic N) is 3. The van der Waals surface area contributed by atoms with Gasteiger partial charge in [-0.3, -0.25) is 4.79 Å². The highest BCUT2D eigenvalue weighted by Crippen LogP contribution is 2.29. The van der Waals surface area contributed by atoms with E-state index in [1.165, 1.54) is 10.7 Å². The van der Waals surface area contributed by atoms with Crippen LogP contribution in [0, 0.1) is 0 Å². The van der Waals surface area contributed by atoms with E-state index in [0.717, 1.165) is 5.56 Å². The molecule has 3 aromatic rings. The summed E-state index contributed by atoms with van der Waals surface area (Å²) in [5.41, 5.74) is 1.08. The van der Waals surface area contributed by atoms with Crippen LogP contribution in [0.4, 0.5) is 5.95 Å². The molecule has 0 saturated heterocycles. The van der Waals surface area contributed by atoms with E-state index in [4.69, 9.17) is 11.6 Å². The third-order valence-electron chi connectivity index (χ3n) is 4.14. The first-order chi connectivity index (χ1) is 12.9. The van der Waals surface area contributed by atoms with Crippen LogP contribution in [-0.2, 0) is 10.0 Å². The largest absolute Gasteiger partial charge is 0.343 e. The maximum atomic E-state index is 12.6. The molecule has 0 spiro atoms. The zero-order valence-electron chi connectivity index (χ0n) is 14.0. The SMILES string of the molecule is C[C@@H](NC(=O)c1nc2n(n1)-c1ccccc1S(=O)(=O)N2)c1ccccc1Cl. The van der Waals surface area contributed by atoms with E-state index in [9.17, 15) is 13.2 Å². The quantitative estimate of drug-likeness (QED) is 0.699. The van der Waals surface area contributed by atoms with Crippen molar-refractivity contribution in [3.8, 4) is 5.69 Å². The minimum Gasteiger partial charge on any atom is -0.343 e. The van der Waals surface area contributed by atoms with Crippen LogP contribution in [0.15, 0.2) is 53.4 Å². The predicted molar refractivity (Wildman–Crippen MR) is 99.5 cm³/mol. The van der Waals surface area contributed by atoms with Crippen molar-refractivity contribution in [2.75, 3.05) is 4.72 Å². The Bertz CT molecular complexity index is 1160. The van der Waals surface area contributed by atoms with E-state index < -0.39 is 15.9 Å². The van der Waals surface area contributed by atoms with E-state index in [0.29, 0.717) is 10.7 Å². The normalized spacial score (nSPS) is 15.2. The van der Waals surface area contributed by atoms with Gasteiger partial charge in [-0.2, -0.15) is 9.67 Å². The molecule has 2 heterocycles. The van der Waals surface area contributed by atoms with E-state index in [-0.39, 0.29) is 22.7 Å². The number of amides is 1. The lowest BCUT2D eigenvalue weighted by atomic mass is 10.1. The molecule has 0 bridgehead atoms. The summed E-state index contributed by atoms with van der Waals surface area (Å²) in [5, 5.41) is 7.46. The number of fused-ring (bicyclic) bond motifs is 3. The van der Waals surface area contributed by atoms with Gasteiger partial charge in [-0.05, 0) is 30.7 Å². The second kappa shape index (κ2) is 6.36. The number of carbonyl (C=O) groups excluding carboxylic acids is 1. The van der Waals surface area contributed by atoms with Crippen molar-refractivity contribution >= 4 is 33.5 Å². The van der Waals surface area contributed by atoms with Crippen molar-refractivity contribution in [3.05, 3.63) is 64.9 Å². The van der Waals surface area contributed by atoms with Gasteiger partial charge >= 0.3 is 0 Å². The molecule has 0 aliphatic carbocycles. The molecule has 2 aromatic carbocycles. The average Bonchev–Trinajstić information content (AvgIpc) is 3.05. The van der Waals surface area contributed by atoms with Gasteiger partial charge in [0.15, 0.2) is 0 Å². The molecule has 0 radical (unpaired) electrons. The van der Waals surface area contributed by atoms with Crippen molar-refractivity contribution in [2.45, 2.75) is 17.9 Å². The Hall–Kier alpha value is -2.91. The van der Waals surface area contributed by atoms with Crippen molar-refractivity contribution in [2.24, 2.45) is 0 Å². The Kier molecular flexibility index (Phi) is 4.12. The number of para-hydroxylation sites is 1. The fourth-order valence-electron chi connectivity index (χ4n) is 2.84. The zero-order valence-corrected chi connectivity index (χ0v) is 15.6. The van der Waals surface area contributed by atoms with Crippen LogP contribution in [0.1, 0.15) is 29.1 Å². The number of carbonyl (C=O) groups is 1. The molecule has 1 amide bonds. The first-order valence-electron chi connectivity index (χ1n) is 8.01. The van der Waals surface area contributed by atoms with E-state index in [1.807, 2.05) is 12.1 Å². The average molecular weight is 404 g/mol. The molecule has 138 valence electrons. The lowest BCUT2D eigenvalue weighted by Gasteiger charge is -2.17. The molecule has 2 N–H and O–H groups in total. The van der Waals surface area contributed by atoms with Crippen LogP contribution in [0.25, 0.3) is 5.69 Å². The van der Waals surface area contributed by atoms with Gasteiger partial charge in [-0.1, -0.05) is 41.9 Å². The minimum atomic E-state index is -3.76. The summed E-state index contributed by atoms with van der Waals surface area (Å²) in [4.78, 5) is 16.7. The number of halogens is 1. The van der Waals surface area contributed by atoms with E-state index in [1.54, 1.807) is 37.3 Å². The molecular weight excluding hydrogens is 390 g/mol. The fourth-order valence-corrected chi connectivity index (χ4v) is 4.31. The van der Waals surface area contributed by atoms with Gasteiger partial charge in [-0.25, -0.2) is 13.1 Å². The maximum absolute atomic E-state index is 12.6. The Morgan fingerprint density at radius 2 is 1.89 bits per heavy atom. The molecule has 0 saturated carbocycles. The summed E-state index contributed by atoms with van der Waals surface area (Å²) in [5.74, 6) is -0.728. The number of rotatable bonds is 3. The number of aromatic nitrogens is 3. The summed E-state index contributed by atoms with van der Waals surface area (Å²) in [6, 6.07) is 13.1. The molecule has 10 heteroatoms. The van der Waals surface area contributed by atoms with E-state index >= 15 is 0 Å². The van der Waals surface area contributed by atoms with Crippen molar-refractivity contribution in [1.29, 1.82) is 0 Å². The Morgan fingerprint density at radius 1 is 1.19 bits per heavy atom. The molecule has 1 atom stereocenters. The molecule has 1 aromatic heterocycles. The molecule has 27 heavy (non-hydrogen) atoms. The fraction of sp³-hybridized carbons (Fsp3) is 0.118. The standard InChI is InChI=1S/C17H14ClN5O3S/c1-10(11-6-2-3-7-12(11)18)19-16(24)15-20-17-22-27(25,26)14-9-5-4-8-13(14)23(17)21-15/h2-10H,1H3,(H,19,24)(H,20,21,22)/t10-/m1/s1. The zero-order chi connectivity index (χ0) is 19.2. The summed E-state index contributed by atoms with van der Waals surface area (Å²) < 4.78 is 28.2. The molecule has 1 aliphatic rings. The first kappa shape index (κ1) is 17.5. The lowest BCUT2D eigenvalue weighted by molar-refractivity contribution is 0.0929. The second-order valence-corrected chi connectivity index (χ2v) is 8.02. The number of hydrogen-bond donors (Lipinski definition) is 2. The predicted octanol–water partition coefficient (Wildman–Crippen LogP) is 2.53. The number of anilines is 1. The summed E-state index contributed by atoms with van der Waals surface area (Å²) in [7, 11) is -3.76. The van der Waals surface area contributed by atoms with Gasteiger partial charge < -0.3 is 5.32 Å². The third kappa shape index (κ3) is 3.04. The summed E-state index contributed by atoms with van der Waals surface area (Å²) >= 11 is 6.16. The van der Waals surface area contributed by atoms with Crippen LogP contribution in [0.2, 0.25) is 5.02 Å². The molecule has 0 fully saturated rings. The summed E-state index contributed by atoms with van der Waals surface area (Å²) in [6.07, 6.45) is 0. The van der Waals surface area contributed by atoms with Gasteiger partial charge in [0, 0.05) is 5.02 Å². The molecule has 4 rings (SSSR count).